The molecule has 0 radical (unpaired) electrons. The number of hydrogen-bond acceptors (Lipinski definition) is 4. The van der Waals surface area contributed by atoms with Gasteiger partial charge < -0.3 is 11.5 Å². The van der Waals surface area contributed by atoms with E-state index in [0.29, 0.717) is 5.56 Å². The molecule has 4 N–H and O–H groups in total. The first-order chi connectivity index (χ1) is 8.50. The molecule has 1 rings (SSSR count). The Morgan fingerprint density at radius 1 is 1.37 bits per heavy atom. The van der Waals surface area contributed by atoms with E-state index in [1.54, 1.807) is 13.8 Å². The Labute approximate surface area is 117 Å². The fourth-order valence-corrected chi connectivity index (χ4v) is 3.96. The first kappa shape index (κ1) is 15.9. The summed E-state index contributed by atoms with van der Waals surface area (Å²) in [6.07, 6.45) is 0. The highest BCUT2D eigenvalue weighted by atomic mass is 35.5. The quantitative estimate of drug-likeness (QED) is 0.849. The van der Waals surface area contributed by atoms with Crippen LogP contribution in [-0.4, -0.2) is 25.6 Å². The van der Waals surface area contributed by atoms with Crippen LogP contribution in [-0.2, 0) is 15.6 Å². The van der Waals surface area contributed by atoms with Crippen LogP contribution in [0.5, 0.6) is 0 Å². The second-order valence-electron chi connectivity index (χ2n) is 5.19. The second kappa shape index (κ2) is 5.48. The predicted molar refractivity (Wildman–Crippen MR) is 75.7 cm³/mol. The molecule has 1 aromatic rings. The number of nitrogens with two attached hydrogens (primary N) is 2. The molecule has 0 aliphatic heterocycles. The lowest BCUT2D eigenvalue weighted by molar-refractivity contribution is 0.100. The van der Waals surface area contributed by atoms with Gasteiger partial charge in [0.05, 0.1) is 11.5 Å². The van der Waals surface area contributed by atoms with Crippen LogP contribution in [0.25, 0.3) is 0 Å². The zero-order valence-corrected chi connectivity index (χ0v) is 12.4. The lowest BCUT2D eigenvalue weighted by Gasteiger charge is -2.18. The Hall–Kier alpha value is -1.11. The van der Waals surface area contributed by atoms with Gasteiger partial charge in [-0.25, -0.2) is 8.42 Å². The van der Waals surface area contributed by atoms with E-state index in [0.717, 1.165) is 0 Å². The van der Waals surface area contributed by atoms with Gasteiger partial charge in [0.25, 0.3) is 0 Å². The maximum absolute atomic E-state index is 12.0. The van der Waals surface area contributed by atoms with E-state index >= 15 is 0 Å². The van der Waals surface area contributed by atoms with Gasteiger partial charge in [-0.2, -0.15) is 0 Å². The fourth-order valence-electron chi connectivity index (χ4n) is 1.67. The van der Waals surface area contributed by atoms with Crippen molar-refractivity contribution in [3.63, 3.8) is 0 Å². The van der Waals surface area contributed by atoms with Gasteiger partial charge in [-0.3, -0.25) is 4.79 Å². The summed E-state index contributed by atoms with van der Waals surface area (Å²) in [4.78, 5) is 11.0. The summed E-state index contributed by atoms with van der Waals surface area (Å²) in [5.41, 5.74) is 10.7. The molecule has 0 fully saturated rings. The summed E-state index contributed by atoms with van der Waals surface area (Å²) in [6, 6.07) is 4.30. The number of hydrogen-bond donors (Lipinski definition) is 2. The smallest absolute Gasteiger partial charge is 0.248 e. The minimum Gasteiger partial charge on any atom is -0.366 e. The molecule has 0 spiro atoms. The number of carbonyl (C=O) groups excluding carboxylic acids is 1. The zero-order chi connectivity index (χ0) is 14.8. The van der Waals surface area contributed by atoms with Gasteiger partial charge in [0.2, 0.25) is 5.91 Å². The molecule has 0 unspecified atom stereocenters. The fraction of sp³-hybridized carbons (Fsp3) is 0.417. The second-order valence-corrected chi connectivity index (χ2v) is 7.66. The SMILES string of the molecule is CC(C)(N)CS(=O)(=O)Cc1ccc(C(N)=O)cc1Cl. The van der Waals surface area contributed by atoms with Crippen LogP contribution < -0.4 is 11.5 Å². The standard InChI is InChI=1S/C12H17ClN2O3S/c1-12(2,15)7-19(17,18)6-9-4-3-8(11(14)16)5-10(9)13/h3-5H,6-7,15H2,1-2H3,(H2,14,16). The van der Waals surface area contributed by atoms with Crippen molar-refractivity contribution < 1.29 is 13.2 Å². The molecule has 0 saturated heterocycles. The molecule has 0 bridgehead atoms. The van der Waals surface area contributed by atoms with E-state index in [9.17, 15) is 13.2 Å². The van der Waals surface area contributed by atoms with Crippen LogP contribution in [0.3, 0.4) is 0 Å². The van der Waals surface area contributed by atoms with Gasteiger partial charge in [-0.05, 0) is 31.5 Å². The molecular formula is C12H17ClN2O3S. The Morgan fingerprint density at radius 3 is 2.37 bits per heavy atom. The van der Waals surface area contributed by atoms with Gasteiger partial charge in [0.15, 0.2) is 9.84 Å². The molecule has 0 heterocycles. The lowest BCUT2D eigenvalue weighted by atomic mass is 10.1. The Bertz CT molecular complexity index is 591. The van der Waals surface area contributed by atoms with E-state index in [2.05, 4.69) is 0 Å². The normalized spacial score (nSPS) is 12.4. The van der Waals surface area contributed by atoms with Gasteiger partial charge in [-0.15, -0.1) is 0 Å². The highest BCUT2D eigenvalue weighted by molar-refractivity contribution is 7.90. The van der Waals surface area contributed by atoms with Gasteiger partial charge in [0, 0.05) is 16.1 Å². The number of amides is 1. The molecule has 0 saturated carbocycles. The van der Waals surface area contributed by atoms with Crippen molar-refractivity contribution in [2.24, 2.45) is 11.5 Å². The largest absolute Gasteiger partial charge is 0.366 e. The molecule has 0 aromatic heterocycles. The van der Waals surface area contributed by atoms with Crippen molar-refractivity contribution in [2.45, 2.75) is 25.1 Å². The summed E-state index contributed by atoms with van der Waals surface area (Å²) in [7, 11) is -3.37. The third kappa shape index (κ3) is 5.18. The van der Waals surface area contributed by atoms with Crippen LogP contribution in [0.4, 0.5) is 0 Å². The molecule has 0 aliphatic rings. The molecule has 106 valence electrons. The van der Waals surface area contributed by atoms with Crippen LogP contribution in [0.1, 0.15) is 29.8 Å². The number of carbonyl (C=O) groups is 1. The third-order valence-corrected chi connectivity index (χ3v) is 4.59. The summed E-state index contributed by atoms with van der Waals surface area (Å²) in [5, 5.41) is 0.203. The molecule has 7 heteroatoms. The lowest BCUT2D eigenvalue weighted by Crippen LogP contribution is -2.40. The topological polar surface area (TPSA) is 103 Å². The number of rotatable bonds is 5. The summed E-state index contributed by atoms with van der Waals surface area (Å²) >= 11 is 5.95. The molecule has 5 nitrogen and oxygen atoms in total. The number of halogens is 1. The minimum absolute atomic E-state index is 0.145. The summed E-state index contributed by atoms with van der Waals surface area (Å²) in [6.45, 7) is 3.28. The highest BCUT2D eigenvalue weighted by Gasteiger charge is 2.23. The van der Waals surface area contributed by atoms with Crippen molar-refractivity contribution in [1.82, 2.24) is 0 Å². The molecular weight excluding hydrogens is 288 g/mol. The average molecular weight is 305 g/mol. The van der Waals surface area contributed by atoms with Crippen molar-refractivity contribution in [2.75, 3.05) is 5.75 Å². The Morgan fingerprint density at radius 2 is 1.95 bits per heavy atom. The van der Waals surface area contributed by atoms with Crippen molar-refractivity contribution >= 4 is 27.3 Å². The maximum atomic E-state index is 12.0. The summed E-state index contributed by atoms with van der Waals surface area (Å²) < 4.78 is 23.9. The monoisotopic (exact) mass is 304 g/mol. The van der Waals surface area contributed by atoms with E-state index < -0.39 is 21.3 Å². The van der Waals surface area contributed by atoms with Crippen LogP contribution in [0.15, 0.2) is 18.2 Å². The Balaban J connectivity index is 2.98. The molecule has 19 heavy (non-hydrogen) atoms. The first-order valence-electron chi connectivity index (χ1n) is 5.58. The first-order valence-corrected chi connectivity index (χ1v) is 7.78. The van der Waals surface area contributed by atoms with E-state index in [-0.39, 0.29) is 22.1 Å². The minimum atomic E-state index is -3.37. The van der Waals surface area contributed by atoms with Crippen LogP contribution in [0.2, 0.25) is 5.02 Å². The maximum Gasteiger partial charge on any atom is 0.248 e. The van der Waals surface area contributed by atoms with Gasteiger partial charge in [0.1, 0.15) is 0 Å². The number of benzene rings is 1. The molecule has 0 atom stereocenters. The van der Waals surface area contributed by atoms with Gasteiger partial charge in [-0.1, -0.05) is 17.7 Å². The van der Waals surface area contributed by atoms with Crippen molar-refractivity contribution in [1.29, 1.82) is 0 Å². The van der Waals surface area contributed by atoms with E-state index in [1.807, 2.05) is 0 Å². The van der Waals surface area contributed by atoms with Crippen LogP contribution in [0, 0.1) is 0 Å². The van der Waals surface area contributed by atoms with Crippen LogP contribution >= 0.6 is 11.6 Å². The van der Waals surface area contributed by atoms with Gasteiger partial charge >= 0.3 is 0 Å². The van der Waals surface area contributed by atoms with E-state index in [4.69, 9.17) is 23.1 Å². The van der Waals surface area contributed by atoms with Crippen molar-refractivity contribution in [3.05, 3.63) is 34.3 Å². The molecule has 1 aromatic carbocycles. The summed E-state index contributed by atoms with van der Waals surface area (Å²) in [5.74, 6) is -0.973. The average Bonchev–Trinajstić information content (AvgIpc) is 2.16. The number of primary amides is 1. The molecule has 0 aliphatic carbocycles. The predicted octanol–water partition coefficient (Wildman–Crippen LogP) is 1.09. The zero-order valence-electron chi connectivity index (χ0n) is 10.8. The third-order valence-electron chi connectivity index (χ3n) is 2.30. The highest BCUT2D eigenvalue weighted by Crippen LogP contribution is 2.21. The van der Waals surface area contributed by atoms with E-state index in [1.165, 1.54) is 18.2 Å². The number of sulfone groups is 1. The van der Waals surface area contributed by atoms with Crippen molar-refractivity contribution in [3.8, 4) is 0 Å². The molecule has 1 amide bonds. The Kier molecular flexibility index (Phi) is 4.60.